The Labute approximate surface area is 162 Å². The van der Waals surface area contributed by atoms with Gasteiger partial charge in [-0.25, -0.2) is 0 Å². The second kappa shape index (κ2) is 8.73. The Hall–Kier alpha value is -2.80. The van der Waals surface area contributed by atoms with Crippen LogP contribution in [0.5, 0.6) is 0 Å². The summed E-state index contributed by atoms with van der Waals surface area (Å²) in [6, 6.07) is 14.7. The zero-order valence-corrected chi connectivity index (χ0v) is 15.8. The van der Waals surface area contributed by atoms with Crippen molar-refractivity contribution < 1.29 is 14.4 Å². The van der Waals surface area contributed by atoms with E-state index in [9.17, 15) is 14.4 Å². The summed E-state index contributed by atoms with van der Waals surface area (Å²) in [6.07, 6.45) is 0. The average molecular weight is 383 g/mol. The molecule has 0 unspecified atom stereocenters. The van der Waals surface area contributed by atoms with Gasteiger partial charge in [0.2, 0.25) is 11.8 Å². The molecule has 1 aliphatic rings. The van der Waals surface area contributed by atoms with Gasteiger partial charge in [0.25, 0.3) is 5.91 Å². The number of rotatable bonds is 6. The van der Waals surface area contributed by atoms with Crippen LogP contribution in [-0.4, -0.2) is 36.6 Å². The lowest BCUT2D eigenvalue weighted by Gasteiger charge is -2.28. The van der Waals surface area contributed by atoms with Crippen LogP contribution in [-0.2, 0) is 16.1 Å². The first-order valence-electron chi connectivity index (χ1n) is 8.74. The van der Waals surface area contributed by atoms with Crippen molar-refractivity contribution in [3.63, 3.8) is 0 Å². The molecule has 27 heavy (non-hydrogen) atoms. The second-order valence-electron chi connectivity index (χ2n) is 6.07. The van der Waals surface area contributed by atoms with Crippen molar-refractivity contribution in [2.75, 3.05) is 23.7 Å². The van der Waals surface area contributed by atoms with E-state index < -0.39 is 0 Å². The number of carbonyl (C=O) groups is 3. The van der Waals surface area contributed by atoms with Crippen LogP contribution in [0.25, 0.3) is 0 Å². The van der Waals surface area contributed by atoms with Gasteiger partial charge in [0, 0.05) is 23.5 Å². The highest BCUT2D eigenvalue weighted by Gasteiger charge is 2.26. The van der Waals surface area contributed by atoms with Gasteiger partial charge in [-0.2, -0.15) is 0 Å². The van der Waals surface area contributed by atoms with E-state index >= 15 is 0 Å². The minimum Gasteiger partial charge on any atom is -0.352 e. The Kier molecular flexibility index (Phi) is 6.13. The largest absolute Gasteiger partial charge is 0.352 e. The van der Waals surface area contributed by atoms with Gasteiger partial charge in [0.15, 0.2) is 0 Å². The number of anilines is 1. The summed E-state index contributed by atoms with van der Waals surface area (Å²) in [6.45, 7) is 2.70. The van der Waals surface area contributed by atoms with Crippen LogP contribution in [0.1, 0.15) is 22.8 Å². The Balaban J connectivity index is 1.61. The molecule has 0 bridgehead atoms. The van der Waals surface area contributed by atoms with E-state index in [1.54, 1.807) is 18.2 Å². The van der Waals surface area contributed by atoms with Crippen LogP contribution in [0.4, 0.5) is 5.69 Å². The number of para-hydroxylation sites is 1. The van der Waals surface area contributed by atoms with Gasteiger partial charge in [-0.1, -0.05) is 24.3 Å². The standard InChI is InChI=1S/C20H21N3O3S/c1-2-21-20(26)15-7-5-6-14(10-15)11-22-18(24)12-23-16-8-3-4-9-17(16)27-13-19(23)25/h3-10H,2,11-13H2,1H3,(H,21,26)(H,22,24). The smallest absolute Gasteiger partial charge is 0.251 e. The average Bonchev–Trinajstić information content (AvgIpc) is 2.69. The number of hydrogen-bond acceptors (Lipinski definition) is 4. The van der Waals surface area contributed by atoms with Gasteiger partial charge in [-0.3, -0.25) is 14.4 Å². The summed E-state index contributed by atoms with van der Waals surface area (Å²) in [5.41, 5.74) is 2.15. The Bertz CT molecular complexity index is 869. The van der Waals surface area contributed by atoms with Crippen molar-refractivity contribution in [2.45, 2.75) is 18.4 Å². The molecule has 0 spiro atoms. The first-order valence-corrected chi connectivity index (χ1v) is 9.73. The van der Waals surface area contributed by atoms with Gasteiger partial charge in [0.05, 0.1) is 11.4 Å². The van der Waals surface area contributed by atoms with Crippen LogP contribution < -0.4 is 15.5 Å². The number of amides is 3. The van der Waals surface area contributed by atoms with E-state index in [2.05, 4.69) is 10.6 Å². The second-order valence-corrected chi connectivity index (χ2v) is 7.09. The van der Waals surface area contributed by atoms with E-state index in [1.807, 2.05) is 37.3 Å². The lowest BCUT2D eigenvalue weighted by molar-refractivity contribution is -0.123. The van der Waals surface area contributed by atoms with E-state index in [0.717, 1.165) is 16.1 Å². The number of hydrogen-bond donors (Lipinski definition) is 2. The molecule has 0 saturated carbocycles. The first-order chi connectivity index (χ1) is 13.1. The van der Waals surface area contributed by atoms with Gasteiger partial charge < -0.3 is 15.5 Å². The van der Waals surface area contributed by atoms with Crippen molar-refractivity contribution in [3.05, 3.63) is 59.7 Å². The van der Waals surface area contributed by atoms with Crippen molar-refractivity contribution >= 4 is 35.2 Å². The molecule has 0 aliphatic carbocycles. The van der Waals surface area contributed by atoms with Crippen LogP contribution in [0.15, 0.2) is 53.4 Å². The number of fused-ring (bicyclic) bond motifs is 1. The number of thioether (sulfide) groups is 1. The third kappa shape index (κ3) is 4.68. The molecule has 2 aromatic rings. The lowest BCUT2D eigenvalue weighted by Crippen LogP contribution is -2.43. The van der Waals surface area contributed by atoms with Crippen LogP contribution in [0.2, 0.25) is 0 Å². The summed E-state index contributed by atoms with van der Waals surface area (Å²) >= 11 is 1.49. The fourth-order valence-corrected chi connectivity index (χ4v) is 3.75. The summed E-state index contributed by atoms with van der Waals surface area (Å²) in [5.74, 6) is -0.127. The van der Waals surface area contributed by atoms with Crippen LogP contribution in [0, 0.1) is 0 Å². The molecule has 0 atom stereocenters. The molecule has 0 saturated heterocycles. The zero-order chi connectivity index (χ0) is 19.2. The molecular formula is C20H21N3O3S. The van der Waals surface area contributed by atoms with Crippen LogP contribution >= 0.6 is 11.8 Å². The fourth-order valence-electron chi connectivity index (χ4n) is 2.81. The van der Waals surface area contributed by atoms with Gasteiger partial charge in [0.1, 0.15) is 6.54 Å². The van der Waals surface area contributed by atoms with Crippen molar-refractivity contribution in [2.24, 2.45) is 0 Å². The first kappa shape index (κ1) is 19.0. The normalized spacial score (nSPS) is 13.1. The summed E-state index contributed by atoms with van der Waals surface area (Å²) in [4.78, 5) is 39.0. The summed E-state index contributed by atoms with van der Waals surface area (Å²) in [5, 5.41) is 5.57. The third-order valence-corrected chi connectivity index (χ3v) is 5.17. The Morgan fingerprint density at radius 2 is 1.93 bits per heavy atom. The minimum absolute atomic E-state index is 0.0214. The van der Waals surface area contributed by atoms with Crippen LogP contribution in [0.3, 0.4) is 0 Å². The van der Waals surface area contributed by atoms with Crippen molar-refractivity contribution in [1.29, 1.82) is 0 Å². The maximum atomic E-state index is 12.4. The molecule has 2 aromatic carbocycles. The van der Waals surface area contributed by atoms with E-state index in [1.165, 1.54) is 16.7 Å². The maximum absolute atomic E-state index is 12.4. The highest BCUT2D eigenvalue weighted by atomic mass is 32.2. The monoisotopic (exact) mass is 383 g/mol. The summed E-state index contributed by atoms with van der Waals surface area (Å²) < 4.78 is 0. The molecule has 7 heteroatoms. The van der Waals surface area contributed by atoms with Gasteiger partial charge in [-0.15, -0.1) is 11.8 Å². The lowest BCUT2D eigenvalue weighted by atomic mass is 10.1. The molecule has 1 heterocycles. The third-order valence-electron chi connectivity index (χ3n) is 4.13. The molecule has 3 rings (SSSR count). The predicted octanol–water partition coefficient (Wildman–Crippen LogP) is 2.19. The topological polar surface area (TPSA) is 78.5 Å². The number of benzene rings is 2. The molecule has 3 amide bonds. The maximum Gasteiger partial charge on any atom is 0.251 e. The number of carbonyl (C=O) groups excluding carboxylic acids is 3. The van der Waals surface area contributed by atoms with E-state index in [-0.39, 0.29) is 24.3 Å². The number of nitrogens with one attached hydrogen (secondary N) is 2. The SMILES string of the molecule is CCNC(=O)c1cccc(CNC(=O)CN2C(=O)CSc3ccccc32)c1. The summed E-state index contributed by atoms with van der Waals surface area (Å²) in [7, 11) is 0. The molecule has 140 valence electrons. The molecule has 0 aromatic heterocycles. The van der Waals surface area contributed by atoms with E-state index in [0.29, 0.717) is 24.4 Å². The number of nitrogens with zero attached hydrogens (tertiary/aromatic N) is 1. The molecule has 2 N–H and O–H groups in total. The fraction of sp³-hybridized carbons (Fsp3) is 0.250. The van der Waals surface area contributed by atoms with Gasteiger partial charge >= 0.3 is 0 Å². The van der Waals surface area contributed by atoms with Crippen molar-refractivity contribution in [3.8, 4) is 0 Å². The Morgan fingerprint density at radius 3 is 2.74 bits per heavy atom. The van der Waals surface area contributed by atoms with E-state index in [4.69, 9.17) is 0 Å². The highest BCUT2D eigenvalue weighted by molar-refractivity contribution is 8.00. The molecule has 1 aliphatic heterocycles. The van der Waals surface area contributed by atoms with Gasteiger partial charge in [-0.05, 0) is 36.8 Å². The minimum atomic E-state index is -0.242. The molecule has 0 radical (unpaired) electrons. The zero-order valence-electron chi connectivity index (χ0n) is 15.0. The quantitative estimate of drug-likeness (QED) is 0.802. The molecule has 0 fully saturated rings. The Morgan fingerprint density at radius 1 is 1.11 bits per heavy atom. The molecule has 6 nitrogen and oxygen atoms in total. The highest BCUT2D eigenvalue weighted by Crippen LogP contribution is 2.34. The van der Waals surface area contributed by atoms with Crippen molar-refractivity contribution in [1.82, 2.24) is 10.6 Å². The predicted molar refractivity (Wildman–Crippen MR) is 106 cm³/mol. The molecular weight excluding hydrogens is 362 g/mol.